The first-order valence-corrected chi connectivity index (χ1v) is 11.2. The highest BCUT2D eigenvalue weighted by Gasteiger charge is 2.45. The van der Waals surface area contributed by atoms with Crippen molar-refractivity contribution >= 4 is 29.0 Å². The summed E-state index contributed by atoms with van der Waals surface area (Å²) in [6.07, 6.45) is 6.01. The summed E-state index contributed by atoms with van der Waals surface area (Å²) in [6.45, 7) is 1.39. The monoisotopic (exact) mass is 420 g/mol. The Morgan fingerprint density at radius 1 is 0.833 bits per heavy atom. The predicted molar refractivity (Wildman–Crippen MR) is 118 cm³/mol. The molecule has 0 bridgehead atoms. The molecule has 2 aromatic rings. The largest absolute Gasteiger partial charge is 0.362 e. The lowest BCUT2D eigenvalue weighted by Crippen LogP contribution is -2.44. The summed E-state index contributed by atoms with van der Waals surface area (Å²) in [5.41, 5.74) is 4.40. The van der Waals surface area contributed by atoms with Crippen LogP contribution in [0.1, 0.15) is 48.8 Å². The number of imide groups is 1. The third-order valence-electron chi connectivity index (χ3n) is 6.61. The van der Waals surface area contributed by atoms with Crippen LogP contribution in [-0.4, -0.2) is 34.2 Å². The Balaban J connectivity index is 1.57. The molecule has 2 heterocycles. The predicted octanol–water partition coefficient (Wildman–Crippen LogP) is 4.81. The maximum atomic E-state index is 13.7. The number of carbonyl (C=O) groups is 2. The maximum Gasteiger partial charge on any atom is 0.278 e. The average molecular weight is 421 g/mol. The Hall–Kier alpha value is -2.59. The second-order valence-corrected chi connectivity index (χ2v) is 8.88. The lowest BCUT2D eigenvalue weighted by molar-refractivity contribution is -0.141. The van der Waals surface area contributed by atoms with Gasteiger partial charge < -0.3 is 4.90 Å². The van der Waals surface area contributed by atoms with E-state index in [0.29, 0.717) is 22.8 Å². The molecule has 4 nitrogen and oxygen atoms in total. The first-order chi connectivity index (χ1) is 14.6. The minimum absolute atomic E-state index is 0.00984. The zero-order valence-corrected chi connectivity index (χ0v) is 17.7. The number of benzene rings is 2. The van der Waals surface area contributed by atoms with Crippen LogP contribution in [0, 0.1) is 0 Å². The topological polar surface area (TPSA) is 40.6 Å². The Labute approximate surface area is 182 Å². The second-order valence-electron chi connectivity index (χ2n) is 8.44. The van der Waals surface area contributed by atoms with E-state index >= 15 is 0 Å². The van der Waals surface area contributed by atoms with Gasteiger partial charge in [0.05, 0.1) is 5.57 Å². The van der Waals surface area contributed by atoms with Crippen molar-refractivity contribution in [2.75, 3.05) is 6.54 Å². The normalized spacial score (nSPS) is 20.2. The summed E-state index contributed by atoms with van der Waals surface area (Å²) < 4.78 is 0. The van der Waals surface area contributed by atoms with E-state index in [0.717, 1.165) is 44.2 Å². The molecule has 0 unspecified atom stereocenters. The molecule has 0 N–H and O–H groups in total. The van der Waals surface area contributed by atoms with Gasteiger partial charge in [0.1, 0.15) is 5.70 Å². The second kappa shape index (κ2) is 7.92. The number of carbonyl (C=O) groups excluding carboxylic acids is 2. The Morgan fingerprint density at radius 3 is 2.27 bits per heavy atom. The minimum Gasteiger partial charge on any atom is -0.362 e. The summed E-state index contributed by atoms with van der Waals surface area (Å²) in [6, 6.07) is 15.6. The van der Waals surface area contributed by atoms with Gasteiger partial charge >= 0.3 is 0 Å². The van der Waals surface area contributed by atoms with Crippen LogP contribution >= 0.6 is 11.6 Å². The molecule has 2 aromatic carbocycles. The van der Waals surface area contributed by atoms with Crippen LogP contribution in [-0.2, 0) is 22.6 Å². The number of rotatable bonds is 3. The zero-order valence-electron chi connectivity index (χ0n) is 16.9. The SMILES string of the molecule is O=C1C(c2ccc(Cl)cc2)=C(N2CCc3ccccc3C2)C(=O)N1C1CCCCC1. The molecule has 0 radical (unpaired) electrons. The highest BCUT2D eigenvalue weighted by atomic mass is 35.5. The van der Waals surface area contributed by atoms with Gasteiger partial charge in [-0.25, -0.2) is 0 Å². The number of nitrogens with zero attached hydrogens (tertiary/aromatic N) is 2. The maximum absolute atomic E-state index is 13.7. The third kappa shape index (κ3) is 3.33. The molecule has 1 fully saturated rings. The van der Waals surface area contributed by atoms with Gasteiger partial charge in [0, 0.05) is 24.2 Å². The molecule has 2 aliphatic heterocycles. The van der Waals surface area contributed by atoms with Gasteiger partial charge in [-0.1, -0.05) is 67.3 Å². The van der Waals surface area contributed by atoms with E-state index in [4.69, 9.17) is 11.6 Å². The molecule has 0 atom stereocenters. The fraction of sp³-hybridized carbons (Fsp3) is 0.360. The lowest BCUT2D eigenvalue weighted by atomic mass is 9.94. The standard InChI is InChI=1S/C25H25ClN2O2/c26-20-12-10-18(11-13-20)22-23(27-15-14-17-6-4-5-7-19(17)16-27)25(30)28(24(22)29)21-8-2-1-3-9-21/h4-7,10-13,21H,1-3,8-9,14-16H2. The van der Waals surface area contributed by atoms with Crippen LogP contribution < -0.4 is 0 Å². The Kier molecular flexibility index (Phi) is 5.11. The highest BCUT2D eigenvalue weighted by molar-refractivity contribution is 6.36. The van der Waals surface area contributed by atoms with Crippen LogP contribution in [0.5, 0.6) is 0 Å². The van der Waals surface area contributed by atoms with E-state index < -0.39 is 0 Å². The van der Waals surface area contributed by atoms with Gasteiger partial charge in [-0.2, -0.15) is 0 Å². The molecule has 5 rings (SSSR count). The van der Waals surface area contributed by atoms with Gasteiger partial charge in [-0.3, -0.25) is 14.5 Å². The van der Waals surface area contributed by atoms with Crippen molar-refractivity contribution in [2.24, 2.45) is 0 Å². The molecule has 30 heavy (non-hydrogen) atoms. The van der Waals surface area contributed by atoms with Crippen molar-refractivity contribution < 1.29 is 9.59 Å². The summed E-state index contributed by atoms with van der Waals surface area (Å²) in [7, 11) is 0. The molecular formula is C25H25ClN2O2. The minimum atomic E-state index is -0.150. The third-order valence-corrected chi connectivity index (χ3v) is 6.86. The molecule has 2 amide bonds. The van der Waals surface area contributed by atoms with Crippen LogP contribution in [0.3, 0.4) is 0 Å². The quantitative estimate of drug-likeness (QED) is 0.669. The van der Waals surface area contributed by atoms with Crippen molar-refractivity contribution in [3.8, 4) is 0 Å². The van der Waals surface area contributed by atoms with Crippen molar-refractivity contribution in [1.29, 1.82) is 0 Å². The van der Waals surface area contributed by atoms with E-state index in [9.17, 15) is 9.59 Å². The molecule has 5 heteroatoms. The Bertz CT molecular complexity index is 1020. The van der Waals surface area contributed by atoms with Crippen LogP contribution in [0.4, 0.5) is 0 Å². The number of fused-ring (bicyclic) bond motifs is 1. The molecule has 0 aromatic heterocycles. The van der Waals surface area contributed by atoms with Crippen molar-refractivity contribution in [3.63, 3.8) is 0 Å². The van der Waals surface area contributed by atoms with E-state index in [1.165, 1.54) is 17.5 Å². The molecular weight excluding hydrogens is 396 g/mol. The molecule has 1 aliphatic carbocycles. The highest BCUT2D eigenvalue weighted by Crippen LogP contribution is 2.38. The van der Waals surface area contributed by atoms with E-state index in [-0.39, 0.29) is 17.9 Å². The zero-order chi connectivity index (χ0) is 20.7. The van der Waals surface area contributed by atoms with Gasteiger partial charge in [-0.05, 0) is 48.1 Å². The molecule has 3 aliphatic rings. The van der Waals surface area contributed by atoms with Gasteiger partial charge in [0.25, 0.3) is 11.8 Å². The van der Waals surface area contributed by atoms with Gasteiger partial charge in [0.2, 0.25) is 0 Å². The van der Waals surface area contributed by atoms with E-state index in [1.807, 2.05) is 18.2 Å². The summed E-state index contributed by atoms with van der Waals surface area (Å²) in [4.78, 5) is 30.9. The average Bonchev–Trinajstić information content (AvgIpc) is 3.04. The summed E-state index contributed by atoms with van der Waals surface area (Å²) in [5.74, 6) is -0.278. The summed E-state index contributed by atoms with van der Waals surface area (Å²) in [5, 5.41) is 0.619. The number of halogens is 1. The fourth-order valence-electron chi connectivity index (χ4n) is 5.06. The smallest absolute Gasteiger partial charge is 0.278 e. The first-order valence-electron chi connectivity index (χ1n) is 10.8. The van der Waals surface area contributed by atoms with Gasteiger partial charge in [0.15, 0.2) is 0 Å². The van der Waals surface area contributed by atoms with Crippen LogP contribution in [0.25, 0.3) is 5.57 Å². The van der Waals surface area contributed by atoms with Crippen molar-refractivity contribution in [2.45, 2.75) is 51.1 Å². The van der Waals surface area contributed by atoms with Crippen molar-refractivity contribution in [1.82, 2.24) is 9.80 Å². The van der Waals surface area contributed by atoms with E-state index in [2.05, 4.69) is 23.1 Å². The molecule has 0 spiro atoms. The fourth-order valence-corrected chi connectivity index (χ4v) is 5.19. The van der Waals surface area contributed by atoms with Crippen LogP contribution in [0.2, 0.25) is 5.02 Å². The molecule has 154 valence electrons. The van der Waals surface area contributed by atoms with Gasteiger partial charge in [-0.15, -0.1) is 0 Å². The number of hydrogen-bond donors (Lipinski definition) is 0. The first kappa shape index (κ1) is 19.4. The molecule has 0 saturated heterocycles. The van der Waals surface area contributed by atoms with Crippen molar-refractivity contribution in [3.05, 3.63) is 75.9 Å². The Morgan fingerprint density at radius 2 is 1.53 bits per heavy atom. The summed E-state index contributed by atoms with van der Waals surface area (Å²) >= 11 is 6.09. The van der Waals surface area contributed by atoms with E-state index in [1.54, 1.807) is 17.0 Å². The van der Waals surface area contributed by atoms with Crippen LogP contribution in [0.15, 0.2) is 54.2 Å². The molecule has 1 saturated carbocycles. The number of hydrogen-bond acceptors (Lipinski definition) is 3. The lowest BCUT2D eigenvalue weighted by Gasteiger charge is -2.33. The number of amides is 2.